The van der Waals surface area contributed by atoms with Crippen molar-refractivity contribution in [3.63, 3.8) is 0 Å². The van der Waals surface area contributed by atoms with Gasteiger partial charge in [-0.3, -0.25) is 14.3 Å². The topological polar surface area (TPSA) is 55.2 Å². The predicted octanol–water partition coefficient (Wildman–Crippen LogP) is 5.64. The van der Waals surface area contributed by atoms with Gasteiger partial charge in [-0.05, 0) is 49.4 Å². The van der Waals surface area contributed by atoms with E-state index in [0.717, 1.165) is 24.0 Å². The highest BCUT2D eigenvalue weighted by Crippen LogP contribution is 2.48. The zero-order valence-electron chi connectivity index (χ0n) is 19.0. The summed E-state index contributed by atoms with van der Waals surface area (Å²) in [6.45, 7) is 7.54. The molecule has 0 saturated heterocycles. The molecule has 1 heterocycles. The minimum atomic E-state index is -5.56. The molecule has 0 fully saturated rings. The van der Waals surface area contributed by atoms with E-state index in [2.05, 4.69) is 5.10 Å². The van der Waals surface area contributed by atoms with Gasteiger partial charge in [0.15, 0.2) is 5.92 Å². The fourth-order valence-electron chi connectivity index (χ4n) is 3.80. The molecule has 2 aromatic rings. The Balaban J connectivity index is 2.71. The smallest absolute Gasteiger partial charge is 0.274 e. The maximum atomic E-state index is 13.4. The van der Waals surface area contributed by atoms with Crippen molar-refractivity contribution in [2.75, 3.05) is 4.90 Å². The van der Waals surface area contributed by atoms with Crippen molar-refractivity contribution in [3.8, 4) is 0 Å². The van der Waals surface area contributed by atoms with E-state index in [4.69, 9.17) is 0 Å². The van der Waals surface area contributed by atoms with E-state index >= 15 is 0 Å². The van der Waals surface area contributed by atoms with Crippen LogP contribution in [0.3, 0.4) is 0 Å². The second kappa shape index (κ2) is 9.18. The van der Waals surface area contributed by atoms with Crippen LogP contribution in [0.1, 0.15) is 59.6 Å². The molecule has 2 amide bonds. The molecule has 0 bridgehead atoms. The molecule has 0 aliphatic carbocycles. The molecule has 0 aliphatic rings. The van der Waals surface area contributed by atoms with Crippen molar-refractivity contribution in [2.24, 2.45) is 13.0 Å². The molecular weight excluding hydrogens is 452 g/mol. The van der Waals surface area contributed by atoms with Crippen LogP contribution in [0.5, 0.6) is 0 Å². The van der Waals surface area contributed by atoms with Gasteiger partial charge in [0.25, 0.3) is 5.91 Å². The zero-order valence-corrected chi connectivity index (χ0v) is 19.0. The van der Waals surface area contributed by atoms with Crippen LogP contribution in [0.2, 0.25) is 0 Å². The maximum absolute atomic E-state index is 13.4. The average Bonchev–Trinajstić information content (AvgIpc) is 2.86. The number of rotatable bonds is 5. The van der Waals surface area contributed by atoms with Gasteiger partial charge in [0, 0.05) is 19.7 Å². The number of carbonyl (C=O) groups excluding carboxylic acids is 2. The van der Waals surface area contributed by atoms with E-state index in [9.17, 15) is 35.9 Å². The Morgan fingerprint density at radius 2 is 1.61 bits per heavy atom. The number of aromatic nitrogens is 2. The summed E-state index contributed by atoms with van der Waals surface area (Å²) in [5.74, 6) is -5.48. The van der Waals surface area contributed by atoms with Gasteiger partial charge >= 0.3 is 12.4 Å². The van der Waals surface area contributed by atoms with E-state index in [-0.39, 0.29) is 29.2 Å². The molecule has 0 saturated carbocycles. The van der Waals surface area contributed by atoms with Gasteiger partial charge in [-0.1, -0.05) is 19.9 Å². The zero-order chi connectivity index (χ0) is 25.5. The summed E-state index contributed by atoms with van der Waals surface area (Å²) in [5.41, 5.74) is -0.377. The fourth-order valence-corrected chi connectivity index (χ4v) is 3.80. The standard InChI is InChI=1S/C22H25F6N3O2/c1-11(2)9-15-10-16(7-8-17(15)19(21(23,24)25)22(26,27)28)31(14(5)32)20(33)18-12(3)29-30(6)13(18)4/h7-8,10-11,19H,9H2,1-6H3. The lowest BCUT2D eigenvalue weighted by molar-refractivity contribution is -0.253. The quantitative estimate of drug-likeness (QED) is 0.524. The highest BCUT2D eigenvalue weighted by molar-refractivity contribution is 6.21. The summed E-state index contributed by atoms with van der Waals surface area (Å²) in [7, 11) is 1.60. The number of amides is 2. The van der Waals surface area contributed by atoms with Gasteiger partial charge < -0.3 is 0 Å². The Kier molecular flexibility index (Phi) is 7.35. The molecule has 0 aliphatic heterocycles. The van der Waals surface area contributed by atoms with E-state index in [1.54, 1.807) is 34.7 Å². The molecule has 33 heavy (non-hydrogen) atoms. The van der Waals surface area contributed by atoms with Gasteiger partial charge in [0.2, 0.25) is 5.91 Å². The minimum Gasteiger partial charge on any atom is -0.274 e. The van der Waals surface area contributed by atoms with Gasteiger partial charge in [-0.15, -0.1) is 0 Å². The normalized spacial score (nSPS) is 12.5. The molecule has 0 unspecified atom stereocenters. The molecule has 182 valence electrons. The largest absolute Gasteiger partial charge is 0.404 e. The highest BCUT2D eigenvalue weighted by atomic mass is 19.4. The number of aryl methyl sites for hydroxylation is 2. The Hall–Kier alpha value is -2.85. The molecule has 1 aromatic carbocycles. The number of anilines is 1. The number of alkyl halides is 6. The first-order valence-corrected chi connectivity index (χ1v) is 10.1. The summed E-state index contributed by atoms with van der Waals surface area (Å²) in [5, 5.41) is 4.12. The summed E-state index contributed by atoms with van der Waals surface area (Å²) in [6, 6.07) is 2.69. The van der Waals surface area contributed by atoms with Crippen LogP contribution >= 0.6 is 0 Å². The molecule has 0 N–H and O–H groups in total. The second-order valence-electron chi connectivity index (χ2n) is 8.33. The van der Waals surface area contributed by atoms with Gasteiger partial charge in [-0.2, -0.15) is 31.4 Å². The van der Waals surface area contributed by atoms with E-state index < -0.39 is 35.6 Å². The van der Waals surface area contributed by atoms with Crippen molar-refractivity contribution in [3.05, 3.63) is 46.3 Å². The number of hydrogen-bond acceptors (Lipinski definition) is 3. The molecule has 5 nitrogen and oxygen atoms in total. The third kappa shape index (κ3) is 5.56. The fraction of sp³-hybridized carbons (Fsp3) is 0.500. The lowest BCUT2D eigenvalue weighted by atomic mass is 9.88. The number of nitrogens with zero attached hydrogens (tertiary/aromatic N) is 3. The van der Waals surface area contributed by atoms with Crippen LogP contribution in [0.15, 0.2) is 18.2 Å². The van der Waals surface area contributed by atoms with Crippen LogP contribution in [0.25, 0.3) is 0 Å². The minimum absolute atomic E-state index is 0.113. The third-order valence-corrected chi connectivity index (χ3v) is 5.22. The average molecular weight is 477 g/mol. The summed E-state index contributed by atoms with van der Waals surface area (Å²) in [6.07, 6.45) is -11.2. The number of imide groups is 1. The lowest BCUT2D eigenvalue weighted by Crippen LogP contribution is -2.37. The Labute approximate surface area is 187 Å². The number of carbonyl (C=O) groups is 2. The van der Waals surface area contributed by atoms with E-state index in [0.29, 0.717) is 17.5 Å². The van der Waals surface area contributed by atoms with Gasteiger partial charge in [-0.25, -0.2) is 4.90 Å². The SMILES string of the molecule is CC(=O)N(C(=O)c1c(C)nn(C)c1C)c1ccc(C(C(F)(F)F)C(F)(F)F)c(CC(C)C)c1. The summed E-state index contributed by atoms with van der Waals surface area (Å²) < 4.78 is 81.8. The molecule has 2 rings (SSSR count). The molecule has 11 heteroatoms. The van der Waals surface area contributed by atoms with E-state index in [1.165, 1.54) is 4.68 Å². The molecule has 0 spiro atoms. The van der Waals surface area contributed by atoms with Crippen LogP contribution in [0, 0.1) is 19.8 Å². The predicted molar refractivity (Wildman–Crippen MR) is 110 cm³/mol. The van der Waals surface area contributed by atoms with Crippen LogP contribution in [-0.4, -0.2) is 33.9 Å². The van der Waals surface area contributed by atoms with Crippen LogP contribution in [0.4, 0.5) is 32.0 Å². The second-order valence-corrected chi connectivity index (χ2v) is 8.33. The maximum Gasteiger partial charge on any atom is 0.404 e. The highest BCUT2D eigenvalue weighted by Gasteiger charge is 2.58. The van der Waals surface area contributed by atoms with Crippen molar-refractivity contribution < 1.29 is 35.9 Å². The first kappa shape index (κ1) is 26.4. The van der Waals surface area contributed by atoms with Crippen molar-refractivity contribution in [1.29, 1.82) is 0 Å². The monoisotopic (exact) mass is 477 g/mol. The van der Waals surface area contributed by atoms with Crippen LogP contribution in [-0.2, 0) is 18.3 Å². The van der Waals surface area contributed by atoms with E-state index in [1.807, 2.05) is 0 Å². The first-order valence-electron chi connectivity index (χ1n) is 10.1. The molecule has 0 atom stereocenters. The number of hydrogen-bond donors (Lipinski definition) is 0. The van der Waals surface area contributed by atoms with Gasteiger partial charge in [0.1, 0.15) is 0 Å². The third-order valence-electron chi connectivity index (χ3n) is 5.22. The van der Waals surface area contributed by atoms with Crippen LogP contribution < -0.4 is 4.90 Å². The summed E-state index contributed by atoms with van der Waals surface area (Å²) in [4.78, 5) is 26.3. The van der Waals surface area contributed by atoms with Crippen molar-refractivity contribution in [2.45, 2.75) is 59.3 Å². The lowest BCUT2D eigenvalue weighted by Gasteiger charge is -2.27. The first-order chi connectivity index (χ1) is 15.0. The van der Waals surface area contributed by atoms with Gasteiger partial charge in [0.05, 0.1) is 16.9 Å². The Bertz CT molecular complexity index is 1040. The van der Waals surface area contributed by atoms with Crippen molar-refractivity contribution >= 4 is 17.5 Å². The molecule has 1 aromatic heterocycles. The molecular formula is C22H25F6N3O2. The number of benzene rings is 1. The van der Waals surface area contributed by atoms with Crippen molar-refractivity contribution in [1.82, 2.24) is 9.78 Å². The molecule has 0 radical (unpaired) electrons. The Morgan fingerprint density at radius 1 is 1.06 bits per heavy atom. The number of halogens is 6. The summed E-state index contributed by atoms with van der Waals surface area (Å²) >= 11 is 0. The Morgan fingerprint density at radius 3 is 2.00 bits per heavy atom.